The number of nitrogens with one attached hydrogen (secondary N) is 2. The van der Waals surface area contributed by atoms with Gasteiger partial charge in [0.05, 0.1) is 11.5 Å². The zero-order valence-electron chi connectivity index (χ0n) is 14.7. The molecule has 1 spiro atoms. The summed E-state index contributed by atoms with van der Waals surface area (Å²) in [4.78, 5) is 32.7. The molecule has 0 radical (unpaired) electrons. The summed E-state index contributed by atoms with van der Waals surface area (Å²) in [6, 6.07) is 5.75. The number of urea groups is 1. The number of carbonyl (C=O) groups excluding carboxylic acids is 2. The molecule has 1 atom stereocenters. The fourth-order valence-electron chi connectivity index (χ4n) is 4.24. The number of halogens is 1. The van der Waals surface area contributed by atoms with E-state index in [1.54, 1.807) is 12.1 Å². The first-order chi connectivity index (χ1) is 13.0. The maximum Gasteiger partial charge on any atom is 0.315 e. The van der Waals surface area contributed by atoms with E-state index in [2.05, 4.69) is 15.6 Å². The highest BCUT2D eigenvalue weighted by Crippen LogP contribution is 2.31. The maximum absolute atomic E-state index is 12.9. The number of nitrogens with zero attached hydrogens (tertiary/aromatic N) is 3. The molecule has 0 bridgehead atoms. The number of piperidine rings is 1. The lowest BCUT2D eigenvalue weighted by Gasteiger charge is -2.48. The standard InChI is InChI=1S/C18H20ClN5O3/c19-12-3-4-14-13(6-12)21-17(27-14)23-5-1-2-11(7-23)15(25)24-9-18(10-24)8-20-16(26)22-18/h3-4,6,11H,1-2,5,7-10H2,(H2,20,22,26). The number of benzene rings is 1. The van der Waals surface area contributed by atoms with Crippen LogP contribution in [0.1, 0.15) is 12.8 Å². The van der Waals surface area contributed by atoms with E-state index in [0.717, 1.165) is 24.9 Å². The zero-order valence-corrected chi connectivity index (χ0v) is 15.5. The molecule has 1 unspecified atom stereocenters. The van der Waals surface area contributed by atoms with Gasteiger partial charge in [-0.15, -0.1) is 0 Å². The summed E-state index contributed by atoms with van der Waals surface area (Å²) < 4.78 is 5.85. The van der Waals surface area contributed by atoms with Crippen LogP contribution in [0.4, 0.5) is 10.8 Å². The summed E-state index contributed by atoms with van der Waals surface area (Å²) in [7, 11) is 0. The summed E-state index contributed by atoms with van der Waals surface area (Å²) in [5.41, 5.74) is 1.14. The molecule has 3 amide bonds. The molecular formula is C18H20ClN5O3. The molecule has 1 aromatic heterocycles. The largest absolute Gasteiger partial charge is 0.423 e. The zero-order chi connectivity index (χ0) is 18.6. The fraction of sp³-hybridized carbons (Fsp3) is 0.500. The third kappa shape index (κ3) is 2.88. The number of aromatic nitrogens is 1. The number of rotatable bonds is 2. The Bertz CT molecular complexity index is 923. The molecule has 3 aliphatic heterocycles. The highest BCUT2D eigenvalue weighted by Gasteiger charge is 2.50. The van der Waals surface area contributed by atoms with Crippen LogP contribution in [-0.2, 0) is 4.79 Å². The van der Waals surface area contributed by atoms with E-state index in [9.17, 15) is 9.59 Å². The molecule has 3 fully saturated rings. The Hall–Kier alpha value is -2.48. The van der Waals surface area contributed by atoms with Gasteiger partial charge in [0, 0.05) is 37.7 Å². The highest BCUT2D eigenvalue weighted by atomic mass is 35.5. The summed E-state index contributed by atoms with van der Waals surface area (Å²) in [6.07, 6.45) is 1.77. The average molecular weight is 390 g/mol. The fourth-order valence-corrected chi connectivity index (χ4v) is 4.41. The van der Waals surface area contributed by atoms with Gasteiger partial charge in [-0.1, -0.05) is 11.6 Å². The van der Waals surface area contributed by atoms with E-state index in [0.29, 0.717) is 42.8 Å². The van der Waals surface area contributed by atoms with Crippen molar-refractivity contribution in [2.24, 2.45) is 5.92 Å². The second kappa shape index (κ2) is 6.02. The minimum Gasteiger partial charge on any atom is -0.423 e. The molecule has 4 heterocycles. The van der Waals surface area contributed by atoms with Gasteiger partial charge in [0.15, 0.2) is 5.58 Å². The highest BCUT2D eigenvalue weighted by molar-refractivity contribution is 6.31. The quantitative estimate of drug-likeness (QED) is 0.814. The SMILES string of the molecule is O=C1NCC2(CN(C(=O)C3CCCN(c4nc5cc(Cl)ccc5o4)C3)C2)N1. The van der Waals surface area contributed by atoms with Crippen LogP contribution < -0.4 is 15.5 Å². The van der Waals surface area contributed by atoms with Crippen molar-refractivity contribution in [2.75, 3.05) is 37.6 Å². The van der Waals surface area contributed by atoms with Gasteiger partial charge in [0.1, 0.15) is 5.52 Å². The second-order valence-corrected chi connectivity index (χ2v) is 8.11. The Kier molecular flexibility index (Phi) is 3.72. The van der Waals surface area contributed by atoms with Crippen LogP contribution in [0.3, 0.4) is 0 Å². The first-order valence-electron chi connectivity index (χ1n) is 9.17. The third-order valence-corrected chi connectivity index (χ3v) is 5.88. The molecule has 0 saturated carbocycles. The number of likely N-dealkylation sites (tertiary alicyclic amines) is 1. The first kappa shape index (κ1) is 16.7. The van der Waals surface area contributed by atoms with E-state index in [4.69, 9.17) is 16.0 Å². The van der Waals surface area contributed by atoms with Crippen LogP contribution in [0.25, 0.3) is 11.1 Å². The van der Waals surface area contributed by atoms with Crippen LogP contribution in [-0.4, -0.2) is 60.1 Å². The normalized spacial score (nSPS) is 24.0. The maximum atomic E-state index is 12.9. The van der Waals surface area contributed by atoms with E-state index in [-0.39, 0.29) is 23.4 Å². The number of amides is 3. The average Bonchev–Trinajstić information content (AvgIpc) is 3.23. The molecule has 9 heteroatoms. The molecular weight excluding hydrogens is 370 g/mol. The molecule has 2 aromatic rings. The number of oxazole rings is 1. The molecule has 3 aliphatic rings. The second-order valence-electron chi connectivity index (χ2n) is 7.68. The van der Waals surface area contributed by atoms with E-state index >= 15 is 0 Å². The summed E-state index contributed by atoms with van der Waals surface area (Å²) >= 11 is 6.02. The van der Waals surface area contributed by atoms with Crippen molar-refractivity contribution in [3.05, 3.63) is 23.2 Å². The van der Waals surface area contributed by atoms with Gasteiger partial charge in [-0.25, -0.2) is 4.79 Å². The minimum absolute atomic E-state index is 0.0836. The lowest BCUT2D eigenvalue weighted by molar-refractivity contribution is -0.143. The van der Waals surface area contributed by atoms with Crippen LogP contribution in [0.5, 0.6) is 0 Å². The Morgan fingerprint density at radius 3 is 3.00 bits per heavy atom. The Morgan fingerprint density at radius 2 is 2.22 bits per heavy atom. The molecule has 27 heavy (non-hydrogen) atoms. The topological polar surface area (TPSA) is 90.7 Å². The smallest absolute Gasteiger partial charge is 0.315 e. The Morgan fingerprint density at radius 1 is 1.37 bits per heavy atom. The Labute approximate surface area is 160 Å². The number of hydrogen-bond donors (Lipinski definition) is 2. The number of carbonyl (C=O) groups is 2. The van der Waals surface area contributed by atoms with E-state index in [1.165, 1.54) is 0 Å². The van der Waals surface area contributed by atoms with Gasteiger partial charge in [-0.05, 0) is 31.0 Å². The van der Waals surface area contributed by atoms with Gasteiger partial charge >= 0.3 is 6.03 Å². The van der Waals surface area contributed by atoms with Gasteiger partial charge < -0.3 is 24.9 Å². The lowest BCUT2D eigenvalue weighted by Crippen LogP contribution is -2.71. The van der Waals surface area contributed by atoms with Gasteiger partial charge in [0.2, 0.25) is 5.91 Å². The van der Waals surface area contributed by atoms with Crippen molar-refractivity contribution in [3.8, 4) is 0 Å². The first-order valence-corrected chi connectivity index (χ1v) is 9.55. The Balaban J connectivity index is 1.26. The summed E-state index contributed by atoms with van der Waals surface area (Å²) in [5.74, 6) is 0.0605. The van der Waals surface area contributed by atoms with Crippen LogP contribution in [0, 0.1) is 5.92 Å². The van der Waals surface area contributed by atoms with E-state index in [1.807, 2.05) is 15.9 Å². The van der Waals surface area contributed by atoms with Crippen LogP contribution in [0.2, 0.25) is 5.02 Å². The number of fused-ring (bicyclic) bond motifs is 1. The monoisotopic (exact) mass is 389 g/mol. The minimum atomic E-state index is -0.277. The van der Waals surface area contributed by atoms with Crippen LogP contribution >= 0.6 is 11.6 Å². The molecule has 2 N–H and O–H groups in total. The van der Waals surface area contributed by atoms with Crippen molar-refractivity contribution < 1.29 is 14.0 Å². The van der Waals surface area contributed by atoms with Gasteiger partial charge in [-0.3, -0.25) is 4.79 Å². The van der Waals surface area contributed by atoms with Gasteiger partial charge in [0.25, 0.3) is 6.01 Å². The molecule has 0 aliphatic carbocycles. The van der Waals surface area contributed by atoms with Crippen molar-refractivity contribution >= 4 is 40.7 Å². The van der Waals surface area contributed by atoms with Crippen molar-refractivity contribution in [2.45, 2.75) is 18.4 Å². The molecule has 1 aromatic carbocycles. The van der Waals surface area contributed by atoms with Crippen molar-refractivity contribution in [1.82, 2.24) is 20.5 Å². The number of anilines is 1. The third-order valence-electron chi connectivity index (χ3n) is 5.64. The molecule has 5 rings (SSSR count). The summed E-state index contributed by atoms with van der Waals surface area (Å²) in [5, 5.41) is 6.31. The van der Waals surface area contributed by atoms with Crippen molar-refractivity contribution in [3.63, 3.8) is 0 Å². The predicted octanol–water partition coefficient (Wildman–Crippen LogP) is 1.59. The van der Waals surface area contributed by atoms with E-state index < -0.39 is 0 Å². The predicted molar refractivity (Wildman–Crippen MR) is 99.8 cm³/mol. The summed E-state index contributed by atoms with van der Waals surface area (Å²) in [6.45, 7) is 3.13. The molecule has 142 valence electrons. The lowest BCUT2D eigenvalue weighted by atomic mass is 9.87. The van der Waals surface area contributed by atoms with Crippen LogP contribution in [0.15, 0.2) is 22.6 Å². The van der Waals surface area contributed by atoms with Crippen molar-refractivity contribution in [1.29, 1.82) is 0 Å². The van der Waals surface area contributed by atoms with Gasteiger partial charge in [-0.2, -0.15) is 4.98 Å². The number of hydrogen-bond acceptors (Lipinski definition) is 5. The molecule has 8 nitrogen and oxygen atoms in total. The molecule has 3 saturated heterocycles.